The number of carbonyl (C=O) groups is 2. The van der Waals surface area contributed by atoms with Crippen LogP contribution in [0.1, 0.15) is 26.4 Å². The predicted molar refractivity (Wildman–Crippen MR) is 105 cm³/mol. The maximum absolute atomic E-state index is 13.3. The summed E-state index contributed by atoms with van der Waals surface area (Å²) in [4.78, 5) is 26.0. The third-order valence-electron chi connectivity index (χ3n) is 4.60. The van der Waals surface area contributed by atoms with E-state index in [4.69, 9.17) is 0 Å². The zero-order valence-corrected chi connectivity index (χ0v) is 14.7. The van der Waals surface area contributed by atoms with E-state index in [0.29, 0.717) is 16.8 Å². The van der Waals surface area contributed by atoms with Gasteiger partial charge in [0.15, 0.2) is 6.20 Å². The predicted octanol–water partition coefficient (Wildman–Crippen LogP) is 4.24. The number of hydrogen-bond acceptors (Lipinski definition) is 2. The van der Waals surface area contributed by atoms with E-state index >= 15 is 0 Å². The molecule has 0 N–H and O–H groups in total. The van der Waals surface area contributed by atoms with E-state index in [-0.39, 0.29) is 18.1 Å². The lowest BCUT2D eigenvalue weighted by Gasteiger charge is -2.07. The van der Waals surface area contributed by atoms with Gasteiger partial charge in [-0.1, -0.05) is 78.9 Å². The second-order valence-electron chi connectivity index (χ2n) is 6.36. The Balaban J connectivity index is 1.83. The number of hydrogen-bond donors (Lipinski definition) is 0. The number of nitrogens with zero attached hydrogens (tertiary/aromatic N) is 1. The summed E-state index contributed by atoms with van der Waals surface area (Å²) in [7, 11) is 0. The van der Waals surface area contributed by atoms with E-state index in [9.17, 15) is 9.59 Å². The normalized spacial score (nSPS) is 10.7. The summed E-state index contributed by atoms with van der Waals surface area (Å²) >= 11 is 0. The summed E-state index contributed by atoms with van der Waals surface area (Å²) in [6.45, 7) is 0.114. The number of fused-ring (bicyclic) bond motifs is 1. The molecule has 3 aromatic carbocycles. The summed E-state index contributed by atoms with van der Waals surface area (Å²) < 4.78 is 1.76. The molecule has 130 valence electrons. The molecule has 3 heteroatoms. The third-order valence-corrected chi connectivity index (χ3v) is 4.60. The van der Waals surface area contributed by atoms with Crippen LogP contribution in [0.3, 0.4) is 0 Å². The molecule has 0 aliphatic heterocycles. The molecule has 1 aromatic heterocycles. The number of rotatable bonds is 5. The summed E-state index contributed by atoms with van der Waals surface area (Å²) in [5, 5.41) is 1.81. The van der Waals surface area contributed by atoms with Crippen LogP contribution in [0.2, 0.25) is 0 Å². The highest BCUT2D eigenvalue weighted by atomic mass is 16.1. The molecular weight excluding hydrogens is 334 g/mol. The lowest BCUT2D eigenvalue weighted by molar-refractivity contribution is -0.683. The standard InChI is InChI=1S/C24H18NO2/c26-22(19-10-3-1-4-11-19)17-25-16-15-18-9-7-8-14-21(18)23(25)24(27)20-12-5-2-6-13-20/h1-16H,17H2/q+1. The first-order valence-electron chi connectivity index (χ1n) is 8.83. The van der Waals surface area contributed by atoms with E-state index in [0.717, 1.165) is 10.8 Å². The zero-order valence-electron chi connectivity index (χ0n) is 14.7. The molecule has 0 spiro atoms. The Morgan fingerprint density at radius 3 is 1.96 bits per heavy atom. The van der Waals surface area contributed by atoms with Gasteiger partial charge in [-0.3, -0.25) is 9.59 Å². The molecule has 4 rings (SSSR count). The third kappa shape index (κ3) is 3.40. The van der Waals surface area contributed by atoms with Gasteiger partial charge in [0.2, 0.25) is 12.3 Å². The fourth-order valence-electron chi connectivity index (χ4n) is 3.24. The van der Waals surface area contributed by atoms with Crippen LogP contribution < -0.4 is 4.57 Å². The molecule has 0 fully saturated rings. The van der Waals surface area contributed by atoms with Crippen molar-refractivity contribution >= 4 is 22.3 Å². The van der Waals surface area contributed by atoms with Crippen molar-refractivity contribution in [2.75, 3.05) is 0 Å². The van der Waals surface area contributed by atoms with Crippen LogP contribution in [0.5, 0.6) is 0 Å². The zero-order chi connectivity index (χ0) is 18.6. The van der Waals surface area contributed by atoms with E-state index in [1.165, 1.54) is 0 Å². The number of aromatic nitrogens is 1. The summed E-state index contributed by atoms with van der Waals surface area (Å²) in [6.07, 6.45) is 1.82. The van der Waals surface area contributed by atoms with Crippen molar-refractivity contribution in [3.05, 3.63) is 114 Å². The molecule has 4 aromatic rings. The second-order valence-corrected chi connectivity index (χ2v) is 6.36. The van der Waals surface area contributed by atoms with Gasteiger partial charge in [-0.25, -0.2) is 0 Å². The van der Waals surface area contributed by atoms with Crippen molar-refractivity contribution in [1.29, 1.82) is 0 Å². The van der Waals surface area contributed by atoms with Crippen molar-refractivity contribution in [2.45, 2.75) is 6.54 Å². The molecule has 0 radical (unpaired) electrons. The van der Waals surface area contributed by atoms with Crippen LogP contribution in [-0.2, 0) is 6.54 Å². The molecule has 0 bridgehead atoms. The molecule has 1 heterocycles. The van der Waals surface area contributed by atoms with Gasteiger partial charge in [0.1, 0.15) is 0 Å². The number of carbonyl (C=O) groups excluding carboxylic acids is 2. The maximum Gasteiger partial charge on any atom is 0.261 e. The smallest absolute Gasteiger partial charge is 0.261 e. The molecule has 0 atom stereocenters. The maximum atomic E-state index is 13.3. The number of pyridine rings is 1. The molecule has 0 saturated carbocycles. The monoisotopic (exact) mass is 352 g/mol. The van der Waals surface area contributed by atoms with Crippen LogP contribution in [0.15, 0.2) is 97.2 Å². The van der Waals surface area contributed by atoms with Crippen molar-refractivity contribution < 1.29 is 14.2 Å². The van der Waals surface area contributed by atoms with Gasteiger partial charge >= 0.3 is 0 Å². The second kappa shape index (κ2) is 7.34. The van der Waals surface area contributed by atoms with Gasteiger partial charge < -0.3 is 0 Å². The van der Waals surface area contributed by atoms with Crippen LogP contribution in [0, 0.1) is 0 Å². The van der Waals surface area contributed by atoms with E-state index in [1.54, 1.807) is 28.8 Å². The number of Topliss-reactive ketones (excluding diaryl/α,β-unsaturated/α-hetero) is 1. The minimum absolute atomic E-state index is 0.0296. The molecular formula is C24H18NO2+. The molecule has 0 amide bonds. The van der Waals surface area contributed by atoms with Gasteiger partial charge in [-0.2, -0.15) is 4.57 Å². The van der Waals surface area contributed by atoms with Gasteiger partial charge in [-0.15, -0.1) is 0 Å². The minimum atomic E-state index is -0.0896. The molecule has 27 heavy (non-hydrogen) atoms. The van der Waals surface area contributed by atoms with Gasteiger partial charge in [0, 0.05) is 17.2 Å². The average molecular weight is 352 g/mol. The largest absolute Gasteiger partial charge is 0.287 e. The Kier molecular flexibility index (Phi) is 4.58. The lowest BCUT2D eigenvalue weighted by atomic mass is 10.0. The van der Waals surface area contributed by atoms with Crippen molar-refractivity contribution in [2.24, 2.45) is 0 Å². The Labute approximate surface area is 157 Å². The topological polar surface area (TPSA) is 38.0 Å². The summed E-state index contributed by atoms with van der Waals surface area (Å²) in [5.41, 5.74) is 1.77. The van der Waals surface area contributed by atoms with E-state index in [2.05, 4.69) is 0 Å². The highest BCUT2D eigenvalue weighted by molar-refractivity contribution is 6.13. The molecule has 0 aliphatic rings. The van der Waals surface area contributed by atoms with Gasteiger partial charge in [-0.05, 0) is 11.5 Å². The average Bonchev–Trinajstić information content (AvgIpc) is 2.74. The quantitative estimate of drug-likeness (QED) is 0.398. The Morgan fingerprint density at radius 1 is 0.667 bits per heavy atom. The van der Waals surface area contributed by atoms with E-state index < -0.39 is 0 Å². The number of ketones is 2. The molecule has 0 aliphatic carbocycles. The van der Waals surface area contributed by atoms with Gasteiger partial charge in [0.05, 0.1) is 5.39 Å². The first-order chi connectivity index (χ1) is 13.2. The fraction of sp³-hybridized carbons (Fsp3) is 0.0417. The van der Waals surface area contributed by atoms with Crippen molar-refractivity contribution in [3.63, 3.8) is 0 Å². The Morgan fingerprint density at radius 2 is 1.26 bits per heavy atom. The van der Waals surface area contributed by atoms with Crippen LogP contribution >= 0.6 is 0 Å². The summed E-state index contributed by atoms with van der Waals surface area (Å²) in [5.74, 6) is -0.119. The van der Waals surface area contributed by atoms with Crippen LogP contribution in [0.25, 0.3) is 10.8 Å². The summed E-state index contributed by atoms with van der Waals surface area (Å²) in [6, 6.07) is 28.0. The lowest BCUT2D eigenvalue weighted by Crippen LogP contribution is -2.43. The first-order valence-corrected chi connectivity index (χ1v) is 8.83. The van der Waals surface area contributed by atoms with Gasteiger partial charge in [0.25, 0.3) is 11.5 Å². The first kappa shape index (κ1) is 16.9. The van der Waals surface area contributed by atoms with E-state index in [1.807, 2.05) is 72.9 Å². The van der Waals surface area contributed by atoms with Crippen molar-refractivity contribution in [1.82, 2.24) is 0 Å². The molecule has 0 unspecified atom stereocenters. The number of benzene rings is 3. The Hall–Kier alpha value is -3.59. The molecule has 0 saturated heterocycles. The highest BCUT2D eigenvalue weighted by Crippen LogP contribution is 2.19. The van der Waals surface area contributed by atoms with Crippen LogP contribution in [0.4, 0.5) is 0 Å². The fourth-order valence-corrected chi connectivity index (χ4v) is 3.24. The van der Waals surface area contributed by atoms with Crippen LogP contribution in [-0.4, -0.2) is 11.6 Å². The Bertz CT molecular complexity index is 1120. The molecule has 3 nitrogen and oxygen atoms in total. The SMILES string of the molecule is O=C(C[n+]1ccc2ccccc2c1C(=O)c1ccccc1)c1ccccc1. The highest BCUT2D eigenvalue weighted by Gasteiger charge is 2.26. The van der Waals surface area contributed by atoms with Crippen molar-refractivity contribution in [3.8, 4) is 0 Å². The minimum Gasteiger partial charge on any atom is -0.287 e.